The van der Waals surface area contributed by atoms with Crippen molar-refractivity contribution in [3.63, 3.8) is 0 Å². The zero-order chi connectivity index (χ0) is 12.5. The Bertz CT molecular complexity index is 407. The smallest absolute Gasteiger partial charge is 0.188 e. The molecule has 1 N–H and O–H groups in total. The Balaban J connectivity index is 2.40. The van der Waals surface area contributed by atoms with Gasteiger partial charge in [0.1, 0.15) is 11.5 Å². The van der Waals surface area contributed by atoms with Crippen molar-refractivity contribution >= 4 is 0 Å². The Kier molecular flexibility index (Phi) is 3.26. The first kappa shape index (κ1) is 12.2. The quantitative estimate of drug-likeness (QED) is 0.813. The first-order valence-electron chi connectivity index (χ1n) is 5.66. The van der Waals surface area contributed by atoms with E-state index in [0.29, 0.717) is 12.4 Å². The van der Waals surface area contributed by atoms with Crippen LogP contribution in [0.3, 0.4) is 0 Å². The average Bonchev–Trinajstić information content (AvgIpc) is 2.70. The maximum atomic E-state index is 10.1. The van der Waals surface area contributed by atoms with E-state index in [4.69, 9.17) is 14.2 Å². The van der Waals surface area contributed by atoms with E-state index in [1.165, 1.54) is 0 Å². The predicted octanol–water partition coefficient (Wildman–Crippen LogP) is 1.83. The van der Waals surface area contributed by atoms with Crippen LogP contribution in [-0.4, -0.2) is 25.6 Å². The molecule has 0 fully saturated rings. The van der Waals surface area contributed by atoms with Crippen LogP contribution in [-0.2, 0) is 16.8 Å². The van der Waals surface area contributed by atoms with Gasteiger partial charge < -0.3 is 19.3 Å². The highest BCUT2D eigenvalue weighted by Crippen LogP contribution is 2.37. The molecular weight excluding hydrogens is 220 g/mol. The Morgan fingerprint density at radius 3 is 2.82 bits per heavy atom. The van der Waals surface area contributed by atoms with Gasteiger partial charge in [0.25, 0.3) is 0 Å². The maximum absolute atomic E-state index is 10.1. The van der Waals surface area contributed by atoms with Crippen molar-refractivity contribution in [3.05, 3.63) is 23.3 Å². The third-order valence-corrected chi connectivity index (χ3v) is 2.78. The standard InChI is InChI=1S/C13H18O4/c1-13(2,14)10-7-11-9(4-5-16-11)6-12(10)17-8-15-3/h6-7,14H,4-5,8H2,1-3H3. The van der Waals surface area contributed by atoms with Gasteiger partial charge in [-0.15, -0.1) is 0 Å². The van der Waals surface area contributed by atoms with Crippen LogP contribution in [0.1, 0.15) is 25.0 Å². The number of hydrogen-bond donors (Lipinski definition) is 1. The van der Waals surface area contributed by atoms with E-state index in [-0.39, 0.29) is 6.79 Å². The molecule has 0 atom stereocenters. The SMILES string of the molecule is COCOc1cc2c(cc1C(C)(C)O)OCC2. The van der Waals surface area contributed by atoms with Gasteiger partial charge in [-0.2, -0.15) is 0 Å². The van der Waals surface area contributed by atoms with Crippen LogP contribution >= 0.6 is 0 Å². The fourth-order valence-electron chi connectivity index (χ4n) is 1.92. The van der Waals surface area contributed by atoms with Crippen LogP contribution in [0.25, 0.3) is 0 Å². The minimum atomic E-state index is -0.968. The average molecular weight is 238 g/mol. The number of rotatable bonds is 4. The predicted molar refractivity (Wildman–Crippen MR) is 63.4 cm³/mol. The molecule has 4 nitrogen and oxygen atoms in total. The lowest BCUT2D eigenvalue weighted by Crippen LogP contribution is -2.18. The summed E-state index contributed by atoms with van der Waals surface area (Å²) in [6, 6.07) is 3.78. The van der Waals surface area contributed by atoms with Gasteiger partial charge in [0.15, 0.2) is 6.79 Å². The molecule has 0 saturated heterocycles. The van der Waals surface area contributed by atoms with Gasteiger partial charge in [0.2, 0.25) is 0 Å². The fraction of sp³-hybridized carbons (Fsp3) is 0.538. The number of hydrogen-bond acceptors (Lipinski definition) is 4. The van der Waals surface area contributed by atoms with Gasteiger partial charge in [-0.25, -0.2) is 0 Å². The van der Waals surface area contributed by atoms with Crippen molar-refractivity contribution in [3.8, 4) is 11.5 Å². The molecule has 1 aromatic carbocycles. The van der Waals surface area contributed by atoms with Crippen molar-refractivity contribution in [2.75, 3.05) is 20.5 Å². The van der Waals surface area contributed by atoms with Crippen molar-refractivity contribution in [1.82, 2.24) is 0 Å². The molecule has 0 aromatic heterocycles. The number of benzene rings is 1. The van der Waals surface area contributed by atoms with Crippen LogP contribution in [0.4, 0.5) is 0 Å². The van der Waals surface area contributed by atoms with Crippen molar-refractivity contribution in [2.24, 2.45) is 0 Å². The molecule has 0 amide bonds. The third-order valence-electron chi connectivity index (χ3n) is 2.78. The van der Waals surface area contributed by atoms with Crippen LogP contribution in [0, 0.1) is 0 Å². The first-order chi connectivity index (χ1) is 8.02. The van der Waals surface area contributed by atoms with E-state index in [1.807, 2.05) is 12.1 Å². The topological polar surface area (TPSA) is 47.9 Å². The summed E-state index contributed by atoms with van der Waals surface area (Å²) in [5.41, 5.74) is 0.864. The Morgan fingerprint density at radius 1 is 1.41 bits per heavy atom. The van der Waals surface area contributed by atoms with Gasteiger partial charge in [-0.1, -0.05) is 0 Å². The molecule has 0 saturated carbocycles. The Hall–Kier alpha value is -1.26. The number of aliphatic hydroxyl groups is 1. The third kappa shape index (κ3) is 2.53. The van der Waals surface area contributed by atoms with Crippen LogP contribution < -0.4 is 9.47 Å². The number of methoxy groups -OCH3 is 1. The van der Waals surface area contributed by atoms with Crippen molar-refractivity contribution < 1.29 is 19.3 Å². The van der Waals surface area contributed by atoms with Gasteiger partial charge in [-0.3, -0.25) is 0 Å². The summed E-state index contributed by atoms with van der Waals surface area (Å²) in [6.45, 7) is 4.31. The highest BCUT2D eigenvalue weighted by atomic mass is 16.7. The zero-order valence-electron chi connectivity index (χ0n) is 10.4. The zero-order valence-corrected chi connectivity index (χ0v) is 10.4. The second kappa shape index (κ2) is 4.55. The minimum absolute atomic E-state index is 0.169. The highest BCUT2D eigenvalue weighted by Gasteiger charge is 2.25. The van der Waals surface area contributed by atoms with E-state index in [2.05, 4.69) is 0 Å². The minimum Gasteiger partial charge on any atom is -0.493 e. The monoisotopic (exact) mass is 238 g/mol. The second-order valence-corrected chi connectivity index (χ2v) is 4.66. The number of fused-ring (bicyclic) bond motifs is 1. The summed E-state index contributed by atoms with van der Waals surface area (Å²) in [5.74, 6) is 1.50. The lowest BCUT2D eigenvalue weighted by atomic mass is 9.95. The van der Waals surface area contributed by atoms with Crippen molar-refractivity contribution in [2.45, 2.75) is 25.9 Å². The molecule has 0 unspecified atom stereocenters. The van der Waals surface area contributed by atoms with Gasteiger partial charge in [0.05, 0.1) is 12.2 Å². The second-order valence-electron chi connectivity index (χ2n) is 4.66. The van der Waals surface area contributed by atoms with Crippen LogP contribution in [0.5, 0.6) is 11.5 Å². The fourth-order valence-corrected chi connectivity index (χ4v) is 1.92. The normalized spacial score (nSPS) is 14.4. The Morgan fingerprint density at radius 2 is 2.18 bits per heavy atom. The molecule has 17 heavy (non-hydrogen) atoms. The summed E-state index contributed by atoms with van der Waals surface area (Å²) in [5, 5.41) is 10.1. The number of ether oxygens (including phenoxy) is 3. The largest absolute Gasteiger partial charge is 0.493 e. The first-order valence-corrected chi connectivity index (χ1v) is 5.66. The summed E-state index contributed by atoms with van der Waals surface area (Å²) >= 11 is 0. The molecule has 0 aliphatic carbocycles. The molecule has 2 rings (SSSR count). The van der Waals surface area contributed by atoms with Gasteiger partial charge in [-0.05, 0) is 26.0 Å². The molecule has 94 valence electrons. The summed E-state index contributed by atoms with van der Waals surface area (Å²) in [4.78, 5) is 0. The molecule has 4 heteroatoms. The molecular formula is C13H18O4. The van der Waals surface area contributed by atoms with Crippen LogP contribution in [0.15, 0.2) is 12.1 Å². The molecule has 1 aliphatic rings. The highest BCUT2D eigenvalue weighted by molar-refractivity contribution is 5.50. The van der Waals surface area contributed by atoms with Gasteiger partial charge >= 0.3 is 0 Å². The summed E-state index contributed by atoms with van der Waals surface area (Å²) in [7, 11) is 1.57. The lowest BCUT2D eigenvalue weighted by molar-refractivity contribution is 0.0392. The van der Waals surface area contributed by atoms with Crippen molar-refractivity contribution in [1.29, 1.82) is 0 Å². The summed E-state index contributed by atoms with van der Waals surface area (Å²) in [6.07, 6.45) is 0.880. The van der Waals surface area contributed by atoms with E-state index in [1.54, 1.807) is 21.0 Å². The molecule has 0 radical (unpaired) electrons. The van der Waals surface area contributed by atoms with E-state index < -0.39 is 5.60 Å². The molecule has 1 aliphatic heterocycles. The lowest BCUT2D eigenvalue weighted by Gasteiger charge is -2.22. The van der Waals surface area contributed by atoms with Crippen LogP contribution in [0.2, 0.25) is 0 Å². The molecule has 0 bridgehead atoms. The molecule has 0 spiro atoms. The molecule has 1 aromatic rings. The summed E-state index contributed by atoms with van der Waals surface area (Å²) < 4.78 is 15.9. The van der Waals surface area contributed by atoms with E-state index in [9.17, 15) is 5.11 Å². The van der Waals surface area contributed by atoms with E-state index in [0.717, 1.165) is 23.3 Å². The van der Waals surface area contributed by atoms with Gasteiger partial charge in [0, 0.05) is 24.7 Å². The molecule has 1 heterocycles. The maximum Gasteiger partial charge on any atom is 0.188 e. The Labute approximate surface area is 101 Å². The van der Waals surface area contributed by atoms with E-state index >= 15 is 0 Å².